The molecule has 0 saturated heterocycles. The zero-order chi connectivity index (χ0) is 14.0. The first-order chi connectivity index (χ1) is 8.97. The van der Waals surface area contributed by atoms with Crippen LogP contribution in [0.3, 0.4) is 0 Å². The van der Waals surface area contributed by atoms with E-state index >= 15 is 0 Å². The van der Waals surface area contributed by atoms with E-state index in [9.17, 15) is 8.78 Å². The minimum atomic E-state index is -0.949. The first-order valence-corrected chi connectivity index (χ1v) is 6.61. The van der Waals surface area contributed by atoms with E-state index in [4.69, 9.17) is 5.11 Å². The number of aryl methyl sites for hydroxylation is 1. The lowest BCUT2D eigenvalue weighted by atomic mass is 10.2. The van der Waals surface area contributed by atoms with Gasteiger partial charge in [0, 0.05) is 17.6 Å². The Hall–Kier alpha value is -1.53. The number of benzene rings is 1. The molecule has 0 aliphatic carbocycles. The molecule has 2 aromatic rings. The number of rotatable bonds is 4. The van der Waals surface area contributed by atoms with E-state index in [2.05, 4.69) is 10.3 Å². The lowest BCUT2D eigenvalue weighted by molar-refractivity contribution is 0.394. The van der Waals surface area contributed by atoms with Crippen LogP contribution in [0.25, 0.3) is 0 Å². The van der Waals surface area contributed by atoms with Gasteiger partial charge in [-0.1, -0.05) is 0 Å². The second kappa shape index (κ2) is 5.63. The van der Waals surface area contributed by atoms with E-state index in [1.165, 1.54) is 0 Å². The molecule has 2 N–H and O–H groups in total. The van der Waals surface area contributed by atoms with E-state index in [0.717, 1.165) is 22.0 Å². The Labute approximate surface area is 113 Å². The molecule has 0 spiro atoms. The molecule has 0 radical (unpaired) electrons. The molecule has 102 valence electrons. The molecule has 0 saturated carbocycles. The van der Waals surface area contributed by atoms with E-state index in [-0.39, 0.29) is 6.04 Å². The van der Waals surface area contributed by atoms with Crippen molar-refractivity contribution in [2.24, 2.45) is 0 Å². The van der Waals surface area contributed by atoms with Crippen LogP contribution < -0.4 is 5.32 Å². The Kier molecular flexibility index (Phi) is 4.11. The van der Waals surface area contributed by atoms with E-state index < -0.39 is 17.4 Å². The third-order valence-corrected chi connectivity index (χ3v) is 3.79. The molecule has 1 heterocycles. The number of hydrogen-bond donors (Lipinski definition) is 2. The maximum Gasteiger partial charge on any atom is 0.187 e. The molecule has 19 heavy (non-hydrogen) atoms. The molecule has 0 bridgehead atoms. The highest BCUT2D eigenvalue weighted by Crippen LogP contribution is 2.23. The van der Waals surface area contributed by atoms with Crippen LogP contribution in [-0.4, -0.2) is 10.1 Å². The van der Waals surface area contributed by atoms with Crippen LogP contribution in [0.15, 0.2) is 18.3 Å². The zero-order valence-corrected chi connectivity index (χ0v) is 11.4. The molecule has 3 nitrogen and oxygen atoms in total. The van der Waals surface area contributed by atoms with Crippen molar-refractivity contribution in [1.82, 2.24) is 10.3 Å². The number of aromatic hydroxyl groups is 1. The van der Waals surface area contributed by atoms with Gasteiger partial charge < -0.3 is 10.4 Å². The number of phenols is 1. The first kappa shape index (κ1) is 13.9. The van der Waals surface area contributed by atoms with Gasteiger partial charge in [-0.2, -0.15) is 0 Å². The highest BCUT2D eigenvalue weighted by molar-refractivity contribution is 7.11. The normalized spacial score (nSPS) is 12.6. The van der Waals surface area contributed by atoms with Crippen molar-refractivity contribution in [2.45, 2.75) is 26.4 Å². The fraction of sp³-hybridized carbons (Fsp3) is 0.308. The number of halogens is 2. The molecular formula is C13H14F2N2OS. The quantitative estimate of drug-likeness (QED) is 0.905. The summed E-state index contributed by atoms with van der Waals surface area (Å²) in [6.45, 7) is 4.21. The van der Waals surface area contributed by atoms with Gasteiger partial charge >= 0.3 is 0 Å². The van der Waals surface area contributed by atoms with Crippen LogP contribution in [-0.2, 0) is 6.54 Å². The molecule has 0 aliphatic rings. The van der Waals surface area contributed by atoms with Gasteiger partial charge in [0.1, 0.15) is 5.01 Å². The van der Waals surface area contributed by atoms with Crippen molar-refractivity contribution in [1.29, 1.82) is 0 Å². The molecule has 0 amide bonds. The van der Waals surface area contributed by atoms with Gasteiger partial charge in [-0.25, -0.2) is 13.8 Å². The van der Waals surface area contributed by atoms with Crippen LogP contribution in [0.5, 0.6) is 5.75 Å². The summed E-state index contributed by atoms with van der Waals surface area (Å²) >= 11 is 1.58. The van der Waals surface area contributed by atoms with Crippen LogP contribution >= 0.6 is 11.3 Å². The second-order valence-electron chi connectivity index (χ2n) is 4.32. The van der Waals surface area contributed by atoms with Gasteiger partial charge in [0.15, 0.2) is 17.4 Å². The molecule has 0 fully saturated rings. The van der Waals surface area contributed by atoms with Crippen molar-refractivity contribution in [3.05, 3.63) is 45.4 Å². The third-order valence-electron chi connectivity index (χ3n) is 2.70. The van der Waals surface area contributed by atoms with Crippen LogP contribution in [0.4, 0.5) is 8.78 Å². The number of nitrogens with zero attached hydrogens (tertiary/aromatic N) is 1. The molecular weight excluding hydrogens is 270 g/mol. The standard InChI is InChI=1S/C13H14F2N2OS/c1-7-5-17-13(19-7)8(2)16-6-9-3-10(14)12(18)11(15)4-9/h3-5,8,16,18H,6H2,1-2H3. The second-order valence-corrected chi connectivity index (χ2v) is 5.59. The molecule has 1 aromatic heterocycles. The molecule has 1 unspecified atom stereocenters. The highest BCUT2D eigenvalue weighted by Gasteiger charge is 2.12. The van der Waals surface area contributed by atoms with E-state index in [1.54, 1.807) is 17.5 Å². The Balaban J connectivity index is 2.03. The molecule has 1 atom stereocenters. The monoisotopic (exact) mass is 284 g/mol. The molecule has 1 aromatic carbocycles. The summed E-state index contributed by atoms with van der Waals surface area (Å²) in [7, 11) is 0. The van der Waals surface area contributed by atoms with E-state index in [1.807, 2.05) is 13.8 Å². The predicted octanol–water partition coefficient (Wildman–Crippen LogP) is 3.29. The maximum absolute atomic E-state index is 13.2. The number of thiazole rings is 1. The van der Waals surface area contributed by atoms with Gasteiger partial charge in [-0.15, -0.1) is 11.3 Å². The summed E-state index contributed by atoms with van der Waals surface area (Å²) < 4.78 is 26.3. The molecule has 0 aliphatic heterocycles. The van der Waals surface area contributed by atoms with Crippen molar-refractivity contribution in [2.75, 3.05) is 0 Å². The summed E-state index contributed by atoms with van der Waals surface area (Å²) in [5.74, 6) is -2.84. The Morgan fingerprint density at radius 1 is 1.37 bits per heavy atom. The van der Waals surface area contributed by atoms with Gasteiger partial charge in [0.05, 0.1) is 6.04 Å². The average molecular weight is 284 g/mol. The van der Waals surface area contributed by atoms with Gasteiger partial charge in [-0.05, 0) is 31.5 Å². The largest absolute Gasteiger partial charge is 0.503 e. The molecule has 2 rings (SSSR count). The van der Waals surface area contributed by atoms with E-state index in [0.29, 0.717) is 12.1 Å². The SMILES string of the molecule is Cc1cnc(C(C)NCc2cc(F)c(O)c(F)c2)s1. The summed E-state index contributed by atoms with van der Waals surface area (Å²) in [4.78, 5) is 5.36. The Bertz CT molecular complexity index is 563. The highest BCUT2D eigenvalue weighted by atomic mass is 32.1. The van der Waals surface area contributed by atoms with Crippen molar-refractivity contribution in [3.63, 3.8) is 0 Å². The average Bonchev–Trinajstić information content (AvgIpc) is 2.79. The number of aromatic nitrogens is 1. The lowest BCUT2D eigenvalue weighted by Gasteiger charge is -2.11. The Morgan fingerprint density at radius 3 is 2.53 bits per heavy atom. The number of hydrogen-bond acceptors (Lipinski definition) is 4. The van der Waals surface area contributed by atoms with Gasteiger partial charge in [0.25, 0.3) is 0 Å². The van der Waals surface area contributed by atoms with Gasteiger partial charge in [0.2, 0.25) is 0 Å². The van der Waals surface area contributed by atoms with Crippen molar-refractivity contribution >= 4 is 11.3 Å². The smallest absolute Gasteiger partial charge is 0.187 e. The minimum absolute atomic E-state index is 0.00127. The fourth-order valence-electron chi connectivity index (χ4n) is 1.65. The maximum atomic E-state index is 13.2. The van der Waals surface area contributed by atoms with Crippen LogP contribution in [0.2, 0.25) is 0 Å². The van der Waals surface area contributed by atoms with Crippen LogP contribution in [0, 0.1) is 18.6 Å². The van der Waals surface area contributed by atoms with Gasteiger partial charge in [-0.3, -0.25) is 0 Å². The number of nitrogens with one attached hydrogen (secondary N) is 1. The van der Waals surface area contributed by atoms with Crippen LogP contribution in [0.1, 0.15) is 28.4 Å². The summed E-state index contributed by atoms with van der Waals surface area (Å²) in [5.41, 5.74) is 0.438. The first-order valence-electron chi connectivity index (χ1n) is 5.80. The topological polar surface area (TPSA) is 45.2 Å². The lowest BCUT2D eigenvalue weighted by Crippen LogP contribution is -2.18. The van der Waals surface area contributed by atoms with Crippen molar-refractivity contribution in [3.8, 4) is 5.75 Å². The Morgan fingerprint density at radius 2 is 2.00 bits per heavy atom. The summed E-state index contributed by atoms with van der Waals surface area (Å²) in [6, 6.07) is 2.23. The van der Waals surface area contributed by atoms with Crippen molar-refractivity contribution < 1.29 is 13.9 Å². The predicted molar refractivity (Wildman–Crippen MR) is 70.1 cm³/mol. The minimum Gasteiger partial charge on any atom is -0.503 e. The summed E-state index contributed by atoms with van der Waals surface area (Å²) in [5, 5.41) is 13.1. The summed E-state index contributed by atoms with van der Waals surface area (Å²) in [6.07, 6.45) is 1.79. The zero-order valence-electron chi connectivity index (χ0n) is 10.6. The fourth-order valence-corrected chi connectivity index (χ4v) is 2.45. The number of phenolic OH excluding ortho intramolecular Hbond substituents is 1. The third kappa shape index (κ3) is 3.27. The molecule has 6 heteroatoms.